The third-order valence-electron chi connectivity index (χ3n) is 2.27. The number of hydrogen-bond acceptors (Lipinski definition) is 4. The van der Waals surface area contributed by atoms with Crippen molar-refractivity contribution in [1.29, 1.82) is 0 Å². The molecule has 0 aliphatic carbocycles. The quantitative estimate of drug-likeness (QED) is 0.629. The molecule has 16 heavy (non-hydrogen) atoms. The monoisotopic (exact) mass is 227 g/mol. The number of nitrogens with one attached hydrogen (secondary N) is 1. The first kappa shape index (κ1) is 13.2. The van der Waals surface area contributed by atoms with Crippen LogP contribution in [0.3, 0.4) is 0 Å². The zero-order valence-electron chi connectivity index (χ0n) is 10.1. The van der Waals surface area contributed by atoms with E-state index in [4.69, 9.17) is 9.47 Å². The van der Waals surface area contributed by atoms with Crippen LogP contribution in [0.1, 0.15) is 12.6 Å². The second kappa shape index (κ2) is 8.27. The normalized spacial score (nSPS) is 10.9. The van der Waals surface area contributed by atoms with Gasteiger partial charge in [-0.3, -0.25) is 0 Å². The van der Waals surface area contributed by atoms with E-state index in [2.05, 4.69) is 14.9 Å². The fourth-order valence-corrected chi connectivity index (χ4v) is 1.39. The minimum absolute atomic E-state index is 0.729. The molecule has 0 aliphatic rings. The van der Waals surface area contributed by atoms with Crippen LogP contribution >= 0.6 is 0 Å². The molecule has 0 unspecified atom stereocenters. The number of nitrogens with zero attached hydrogens (tertiary/aromatic N) is 2. The highest BCUT2D eigenvalue weighted by Gasteiger charge is 2.00. The van der Waals surface area contributed by atoms with Crippen LogP contribution in [0.2, 0.25) is 0 Å². The molecular formula is C11H21N3O2. The van der Waals surface area contributed by atoms with Gasteiger partial charge < -0.3 is 19.4 Å². The molecule has 0 bridgehead atoms. The first-order valence-corrected chi connectivity index (χ1v) is 5.65. The maximum absolute atomic E-state index is 5.32. The molecule has 5 nitrogen and oxygen atoms in total. The van der Waals surface area contributed by atoms with E-state index in [1.807, 2.05) is 19.4 Å². The Bertz CT molecular complexity index is 276. The molecule has 0 saturated carbocycles. The molecule has 92 valence electrons. The Morgan fingerprint density at radius 1 is 1.44 bits per heavy atom. The lowest BCUT2D eigenvalue weighted by atomic mass is 10.4. The van der Waals surface area contributed by atoms with Gasteiger partial charge in [0.15, 0.2) is 0 Å². The van der Waals surface area contributed by atoms with E-state index < -0.39 is 0 Å². The Morgan fingerprint density at radius 3 is 3.06 bits per heavy atom. The average Bonchev–Trinajstić information content (AvgIpc) is 2.73. The molecule has 0 aliphatic heterocycles. The topological polar surface area (TPSA) is 48.3 Å². The van der Waals surface area contributed by atoms with E-state index in [0.717, 1.165) is 39.5 Å². The lowest BCUT2D eigenvalue weighted by Crippen LogP contribution is -2.21. The lowest BCUT2D eigenvalue weighted by molar-refractivity contribution is 0.138. The van der Waals surface area contributed by atoms with Crippen molar-refractivity contribution in [2.45, 2.75) is 20.0 Å². The van der Waals surface area contributed by atoms with Gasteiger partial charge >= 0.3 is 0 Å². The summed E-state index contributed by atoms with van der Waals surface area (Å²) in [5, 5.41) is 3.29. The third kappa shape index (κ3) is 4.74. The van der Waals surface area contributed by atoms with Crippen molar-refractivity contribution in [3.05, 3.63) is 18.2 Å². The van der Waals surface area contributed by atoms with Gasteiger partial charge in [0.2, 0.25) is 0 Å². The van der Waals surface area contributed by atoms with Gasteiger partial charge in [-0.1, -0.05) is 0 Å². The number of aromatic nitrogens is 2. The zero-order valence-corrected chi connectivity index (χ0v) is 10.1. The summed E-state index contributed by atoms with van der Waals surface area (Å²) in [5.74, 6) is 0. The summed E-state index contributed by atoms with van der Waals surface area (Å²) in [6.07, 6.45) is 3.72. The minimum Gasteiger partial charge on any atom is -0.383 e. The number of rotatable bonds is 9. The Balaban J connectivity index is 2.26. The van der Waals surface area contributed by atoms with Crippen LogP contribution in [0.5, 0.6) is 0 Å². The highest BCUT2D eigenvalue weighted by atomic mass is 16.5. The van der Waals surface area contributed by atoms with Gasteiger partial charge in [0, 0.05) is 39.5 Å². The van der Waals surface area contributed by atoms with E-state index in [-0.39, 0.29) is 0 Å². The summed E-state index contributed by atoms with van der Waals surface area (Å²) in [6.45, 7) is 6.75. The van der Waals surface area contributed by atoms with Gasteiger partial charge in [-0.2, -0.15) is 0 Å². The van der Waals surface area contributed by atoms with Gasteiger partial charge in [0.1, 0.15) is 0 Å². The molecular weight excluding hydrogens is 206 g/mol. The maximum Gasteiger partial charge on any atom is 0.0949 e. The highest BCUT2D eigenvalue weighted by molar-refractivity contribution is 4.97. The van der Waals surface area contributed by atoms with Crippen LogP contribution in [0.15, 0.2) is 12.5 Å². The van der Waals surface area contributed by atoms with E-state index in [1.165, 1.54) is 5.69 Å². The van der Waals surface area contributed by atoms with Crippen LogP contribution in [0.4, 0.5) is 0 Å². The van der Waals surface area contributed by atoms with Gasteiger partial charge in [-0.05, 0) is 6.92 Å². The van der Waals surface area contributed by atoms with Crippen molar-refractivity contribution < 1.29 is 9.47 Å². The molecule has 0 fully saturated rings. The lowest BCUT2D eigenvalue weighted by Gasteiger charge is -2.08. The summed E-state index contributed by atoms with van der Waals surface area (Å²) >= 11 is 0. The molecule has 1 aromatic rings. The van der Waals surface area contributed by atoms with Gasteiger partial charge in [-0.25, -0.2) is 4.98 Å². The summed E-state index contributed by atoms with van der Waals surface area (Å²) in [5.41, 5.74) is 1.18. The summed E-state index contributed by atoms with van der Waals surface area (Å²) in [7, 11) is 1.70. The molecule has 5 heteroatoms. The van der Waals surface area contributed by atoms with Crippen LogP contribution in [0.25, 0.3) is 0 Å². The Labute approximate surface area is 96.8 Å². The maximum atomic E-state index is 5.32. The predicted molar refractivity (Wildman–Crippen MR) is 62.3 cm³/mol. The number of ether oxygens (including phenoxy) is 2. The van der Waals surface area contributed by atoms with E-state index in [0.29, 0.717) is 0 Å². The molecule has 0 radical (unpaired) electrons. The molecule has 0 spiro atoms. The van der Waals surface area contributed by atoms with Crippen molar-refractivity contribution in [2.24, 2.45) is 0 Å². The SMILES string of the molecule is CCOCCn1cncc1CNCCOC. The standard InChI is InChI=1S/C11H21N3O2/c1-3-16-7-5-14-10-13-9-11(14)8-12-4-6-15-2/h9-10,12H,3-8H2,1-2H3. The molecule has 1 heterocycles. The van der Waals surface area contributed by atoms with Crippen LogP contribution in [0, 0.1) is 0 Å². The number of methoxy groups -OCH3 is 1. The molecule has 1 N–H and O–H groups in total. The largest absolute Gasteiger partial charge is 0.383 e. The third-order valence-corrected chi connectivity index (χ3v) is 2.27. The molecule has 0 atom stereocenters. The second-order valence-electron chi connectivity index (χ2n) is 3.44. The molecule has 1 aromatic heterocycles. The van der Waals surface area contributed by atoms with Crippen LogP contribution in [-0.4, -0.2) is 43.0 Å². The molecule has 0 amide bonds. The first-order valence-electron chi connectivity index (χ1n) is 5.65. The summed E-state index contributed by atoms with van der Waals surface area (Å²) < 4.78 is 12.4. The number of hydrogen-bond donors (Lipinski definition) is 1. The summed E-state index contributed by atoms with van der Waals surface area (Å²) in [4.78, 5) is 4.14. The number of imidazole rings is 1. The molecule has 1 rings (SSSR count). The second-order valence-corrected chi connectivity index (χ2v) is 3.44. The molecule has 0 aromatic carbocycles. The fraction of sp³-hybridized carbons (Fsp3) is 0.727. The van der Waals surface area contributed by atoms with E-state index in [1.54, 1.807) is 7.11 Å². The summed E-state index contributed by atoms with van der Waals surface area (Å²) in [6, 6.07) is 0. The van der Waals surface area contributed by atoms with Crippen molar-refractivity contribution >= 4 is 0 Å². The Hall–Kier alpha value is -0.910. The predicted octanol–water partition coefficient (Wildman–Crippen LogP) is 0.656. The van der Waals surface area contributed by atoms with Crippen molar-refractivity contribution in [3.8, 4) is 0 Å². The van der Waals surface area contributed by atoms with Gasteiger partial charge in [0.05, 0.1) is 25.2 Å². The average molecular weight is 227 g/mol. The zero-order chi connectivity index (χ0) is 11.6. The van der Waals surface area contributed by atoms with E-state index in [9.17, 15) is 0 Å². The van der Waals surface area contributed by atoms with Crippen LogP contribution < -0.4 is 5.32 Å². The minimum atomic E-state index is 0.729. The first-order chi connectivity index (χ1) is 7.88. The smallest absolute Gasteiger partial charge is 0.0949 e. The van der Waals surface area contributed by atoms with Crippen molar-refractivity contribution in [3.63, 3.8) is 0 Å². The Kier molecular flexibility index (Phi) is 6.80. The van der Waals surface area contributed by atoms with Crippen LogP contribution in [-0.2, 0) is 22.6 Å². The van der Waals surface area contributed by atoms with E-state index >= 15 is 0 Å². The Morgan fingerprint density at radius 2 is 2.31 bits per heavy atom. The van der Waals surface area contributed by atoms with Gasteiger partial charge in [0.25, 0.3) is 0 Å². The van der Waals surface area contributed by atoms with Crippen molar-refractivity contribution in [1.82, 2.24) is 14.9 Å². The van der Waals surface area contributed by atoms with Gasteiger partial charge in [-0.15, -0.1) is 0 Å². The highest BCUT2D eigenvalue weighted by Crippen LogP contribution is 1.98. The fourth-order valence-electron chi connectivity index (χ4n) is 1.39. The molecule has 0 saturated heterocycles. The van der Waals surface area contributed by atoms with Crippen molar-refractivity contribution in [2.75, 3.05) is 33.5 Å².